The predicted molar refractivity (Wildman–Crippen MR) is 79.8 cm³/mol. The van der Waals surface area contributed by atoms with Gasteiger partial charge in [-0.15, -0.1) is 0 Å². The van der Waals surface area contributed by atoms with E-state index in [0.717, 1.165) is 38.1 Å². The lowest BCUT2D eigenvalue weighted by atomic mass is 9.66. The van der Waals surface area contributed by atoms with Gasteiger partial charge in [0.25, 0.3) is 0 Å². The molecule has 2 atom stereocenters. The van der Waals surface area contributed by atoms with Gasteiger partial charge in [-0.25, -0.2) is 0 Å². The van der Waals surface area contributed by atoms with Crippen LogP contribution in [0, 0.1) is 11.3 Å². The molecular formula is C15H24N2OS. The molecule has 0 spiro atoms. The number of nitrogens with two attached hydrogens (primary N) is 1. The van der Waals surface area contributed by atoms with Crippen LogP contribution in [0.5, 0.6) is 0 Å². The number of thiocarbonyl (C=S) groups is 1. The van der Waals surface area contributed by atoms with Crippen LogP contribution in [0.25, 0.3) is 0 Å². The molecule has 2 unspecified atom stereocenters. The normalized spacial score (nSPS) is 33.2. The van der Waals surface area contributed by atoms with Gasteiger partial charge in [0.05, 0.1) is 10.4 Å². The van der Waals surface area contributed by atoms with Gasteiger partial charge < -0.3 is 10.6 Å². The molecule has 3 aliphatic rings. The van der Waals surface area contributed by atoms with Crippen molar-refractivity contribution in [2.24, 2.45) is 17.1 Å². The van der Waals surface area contributed by atoms with Gasteiger partial charge in [0.1, 0.15) is 0 Å². The molecule has 0 aromatic rings. The molecule has 106 valence electrons. The average Bonchev–Trinajstić information content (AvgIpc) is 2.36. The number of fused-ring (bicyclic) bond motifs is 1. The average molecular weight is 280 g/mol. The minimum Gasteiger partial charge on any atom is -0.392 e. The van der Waals surface area contributed by atoms with Gasteiger partial charge >= 0.3 is 0 Å². The summed E-state index contributed by atoms with van der Waals surface area (Å²) < 4.78 is 0. The molecule has 2 saturated carbocycles. The number of carbonyl (C=O) groups excluding carboxylic acids is 1. The van der Waals surface area contributed by atoms with E-state index < -0.39 is 5.41 Å². The van der Waals surface area contributed by atoms with Crippen molar-refractivity contribution in [3.63, 3.8) is 0 Å². The molecule has 3 nitrogen and oxygen atoms in total. The molecule has 0 aromatic carbocycles. The minimum absolute atomic E-state index is 0.253. The van der Waals surface area contributed by atoms with Crippen molar-refractivity contribution in [2.45, 2.75) is 63.8 Å². The van der Waals surface area contributed by atoms with E-state index in [1.54, 1.807) is 0 Å². The van der Waals surface area contributed by atoms with Gasteiger partial charge in [-0.1, -0.05) is 31.5 Å². The van der Waals surface area contributed by atoms with E-state index in [2.05, 4.69) is 4.90 Å². The van der Waals surface area contributed by atoms with E-state index in [4.69, 9.17) is 18.0 Å². The molecule has 0 radical (unpaired) electrons. The summed E-state index contributed by atoms with van der Waals surface area (Å²) in [5.74, 6) is 0.984. The molecule has 2 aliphatic carbocycles. The number of hydrogen-bond donors (Lipinski definition) is 1. The number of carbonyl (C=O) groups is 1. The smallest absolute Gasteiger partial charge is 0.235 e. The van der Waals surface area contributed by atoms with E-state index in [1.807, 2.05) is 0 Å². The number of likely N-dealkylation sites (tertiary alicyclic amines) is 1. The maximum absolute atomic E-state index is 13.0. The minimum atomic E-state index is -0.478. The van der Waals surface area contributed by atoms with Gasteiger partial charge in [-0.05, 0) is 44.4 Å². The van der Waals surface area contributed by atoms with Gasteiger partial charge in [-0.2, -0.15) is 0 Å². The molecule has 1 saturated heterocycles. The lowest BCUT2D eigenvalue weighted by Gasteiger charge is -2.50. The standard InChI is InChI=1S/C15H24N2OS/c16-13(19)15(8-4-9-15)14(18)17-10-3-6-11-5-1-2-7-12(11)17/h11-12H,1-10H2,(H2,16,19). The van der Waals surface area contributed by atoms with Crippen molar-refractivity contribution in [1.82, 2.24) is 4.90 Å². The second-order valence-electron chi connectivity index (χ2n) is 6.55. The molecule has 19 heavy (non-hydrogen) atoms. The third-order valence-electron chi connectivity index (χ3n) is 5.59. The van der Waals surface area contributed by atoms with Crippen LogP contribution in [-0.2, 0) is 4.79 Å². The Balaban J connectivity index is 1.80. The maximum Gasteiger partial charge on any atom is 0.235 e. The Morgan fingerprint density at radius 2 is 1.79 bits per heavy atom. The fraction of sp³-hybridized carbons (Fsp3) is 0.867. The van der Waals surface area contributed by atoms with Crippen LogP contribution in [-0.4, -0.2) is 28.4 Å². The SMILES string of the molecule is NC(=S)C1(C(=O)N2CCCC3CCCCC32)CCC1. The van der Waals surface area contributed by atoms with E-state index >= 15 is 0 Å². The summed E-state index contributed by atoms with van der Waals surface area (Å²) in [6.07, 6.45) is 10.4. The number of hydrogen-bond acceptors (Lipinski definition) is 2. The zero-order valence-corrected chi connectivity index (χ0v) is 12.4. The van der Waals surface area contributed by atoms with Crippen LogP contribution < -0.4 is 5.73 Å². The first-order chi connectivity index (χ1) is 9.15. The fourth-order valence-corrected chi connectivity index (χ4v) is 4.54. The molecule has 3 fully saturated rings. The van der Waals surface area contributed by atoms with E-state index in [-0.39, 0.29) is 5.91 Å². The van der Waals surface area contributed by atoms with Crippen molar-refractivity contribution >= 4 is 23.1 Å². The van der Waals surface area contributed by atoms with Crippen LogP contribution in [0.4, 0.5) is 0 Å². The molecule has 1 heterocycles. The zero-order valence-electron chi connectivity index (χ0n) is 11.6. The highest BCUT2D eigenvalue weighted by Gasteiger charge is 2.51. The highest BCUT2D eigenvalue weighted by molar-refractivity contribution is 7.80. The highest BCUT2D eigenvalue weighted by atomic mass is 32.1. The first kappa shape index (κ1) is 13.3. The Morgan fingerprint density at radius 3 is 2.42 bits per heavy atom. The zero-order chi connectivity index (χ0) is 13.5. The molecule has 0 bridgehead atoms. The Labute approximate surface area is 120 Å². The Kier molecular flexibility index (Phi) is 3.54. The third-order valence-corrected chi connectivity index (χ3v) is 5.98. The molecule has 0 aromatic heterocycles. The molecule has 3 rings (SSSR count). The van der Waals surface area contributed by atoms with Crippen molar-refractivity contribution < 1.29 is 4.79 Å². The molecule has 4 heteroatoms. The first-order valence-corrected chi connectivity index (χ1v) is 8.17. The second kappa shape index (κ2) is 5.04. The van der Waals surface area contributed by atoms with Gasteiger partial charge in [-0.3, -0.25) is 4.79 Å². The summed E-state index contributed by atoms with van der Waals surface area (Å²) in [7, 11) is 0. The van der Waals surface area contributed by atoms with E-state index in [0.29, 0.717) is 11.0 Å². The summed E-state index contributed by atoms with van der Waals surface area (Å²) in [5, 5.41) is 0. The van der Waals surface area contributed by atoms with Gasteiger partial charge in [0.2, 0.25) is 5.91 Å². The van der Waals surface area contributed by atoms with Crippen molar-refractivity contribution in [2.75, 3.05) is 6.54 Å². The highest BCUT2D eigenvalue weighted by Crippen LogP contribution is 2.45. The Morgan fingerprint density at radius 1 is 1.11 bits per heavy atom. The largest absolute Gasteiger partial charge is 0.392 e. The topological polar surface area (TPSA) is 46.3 Å². The van der Waals surface area contributed by atoms with Crippen LogP contribution >= 0.6 is 12.2 Å². The first-order valence-electron chi connectivity index (χ1n) is 7.76. The monoisotopic (exact) mass is 280 g/mol. The Bertz CT molecular complexity index is 390. The number of nitrogens with zero attached hydrogens (tertiary/aromatic N) is 1. The lowest BCUT2D eigenvalue weighted by Crippen LogP contribution is -2.59. The van der Waals surface area contributed by atoms with E-state index in [1.165, 1.54) is 32.1 Å². The quantitative estimate of drug-likeness (QED) is 0.791. The summed E-state index contributed by atoms with van der Waals surface area (Å²) >= 11 is 5.20. The number of piperidine rings is 1. The van der Waals surface area contributed by atoms with Crippen LogP contribution in [0.1, 0.15) is 57.8 Å². The molecule has 1 aliphatic heterocycles. The second-order valence-corrected chi connectivity index (χ2v) is 6.99. The summed E-state index contributed by atoms with van der Waals surface area (Å²) in [6.45, 7) is 0.921. The summed E-state index contributed by atoms with van der Waals surface area (Å²) in [5.41, 5.74) is 5.41. The van der Waals surface area contributed by atoms with E-state index in [9.17, 15) is 4.79 Å². The van der Waals surface area contributed by atoms with Crippen molar-refractivity contribution in [3.05, 3.63) is 0 Å². The predicted octanol–water partition coefficient (Wildman–Crippen LogP) is 2.62. The van der Waals surface area contributed by atoms with Crippen LogP contribution in [0.3, 0.4) is 0 Å². The van der Waals surface area contributed by atoms with Crippen LogP contribution in [0.2, 0.25) is 0 Å². The lowest BCUT2D eigenvalue weighted by molar-refractivity contribution is -0.148. The Hall–Kier alpha value is -0.640. The van der Waals surface area contributed by atoms with Crippen molar-refractivity contribution in [3.8, 4) is 0 Å². The third kappa shape index (κ3) is 2.08. The van der Waals surface area contributed by atoms with Gasteiger partial charge in [0, 0.05) is 12.6 Å². The molecular weight excluding hydrogens is 256 g/mol. The van der Waals surface area contributed by atoms with Crippen LogP contribution in [0.15, 0.2) is 0 Å². The van der Waals surface area contributed by atoms with Crippen molar-refractivity contribution in [1.29, 1.82) is 0 Å². The number of rotatable bonds is 2. The fourth-order valence-electron chi connectivity index (χ4n) is 4.25. The summed E-state index contributed by atoms with van der Waals surface area (Å²) in [4.78, 5) is 15.5. The maximum atomic E-state index is 13.0. The number of amides is 1. The van der Waals surface area contributed by atoms with Gasteiger partial charge in [0.15, 0.2) is 0 Å². The molecule has 2 N–H and O–H groups in total. The summed E-state index contributed by atoms with van der Waals surface area (Å²) in [6, 6.07) is 0.474. The molecule has 1 amide bonds.